The smallest absolute Gasteiger partial charge is 0.305 e. The van der Waals surface area contributed by atoms with Gasteiger partial charge < -0.3 is 10.8 Å². The lowest BCUT2D eigenvalue weighted by Crippen LogP contribution is -2.15. The van der Waals surface area contributed by atoms with Crippen LogP contribution in [0.3, 0.4) is 0 Å². The third-order valence-electron chi connectivity index (χ3n) is 1.95. The molecular weight excluding hydrogens is 246 g/mol. The standard InChI is InChI=1S/C10H12BrNO2/c1-6-2-3-8(11)7(4-6)9(12)5-10(13)14/h2-4,9H,5,12H2,1H3,(H,13,14)/t9-/m0/s1. The maximum Gasteiger partial charge on any atom is 0.305 e. The SMILES string of the molecule is Cc1ccc(Br)c([C@@H](N)CC(=O)O)c1. The van der Waals surface area contributed by atoms with Crippen molar-refractivity contribution in [1.82, 2.24) is 0 Å². The quantitative estimate of drug-likeness (QED) is 0.873. The number of carboxylic acid groups (broad SMARTS) is 1. The van der Waals surface area contributed by atoms with Gasteiger partial charge >= 0.3 is 5.97 Å². The van der Waals surface area contributed by atoms with Crippen LogP contribution in [-0.2, 0) is 4.79 Å². The highest BCUT2D eigenvalue weighted by atomic mass is 79.9. The van der Waals surface area contributed by atoms with Crippen LogP contribution in [0.5, 0.6) is 0 Å². The zero-order valence-electron chi connectivity index (χ0n) is 7.83. The summed E-state index contributed by atoms with van der Waals surface area (Å²) in [4.78, 5) is 10.5. The van der Waals surface area contributed by atoms with Gasteiger partial charge in [0, 0.05) is 10.5 Å². The van der Waals surface area contributed by atoms with Crippen LogP contribution in [0, 0.1) is 6.92 Å². The molecule has 1 aromatic rings. The second-order valence-electron chi connectivity index (χ2n) is 3.23. The molecule has 0 aromatic heterocycles. The van der Waals surface area contributed by atoms with E-state index in [2.05, 4.69) is 15.9 Å². The molecule has 0 radical (unpaired) electrons. The fourth-order valence-electron chi connectivity index (χ4n) is 1.25. The third kappa shape index (κ3) is 2.82. The Kier molecular flexibility index (Phi) is 3.66. The second kappa shape index (κ2) is 4.57. The van der Waals surface area contributed by atoms with Crippen LogP contribution in [0.15, 0.2) is 22.7 Å². The lowest BCUT2D eigenvalue weighted by atomic mass is 10.0. The van der Waals surface area contributed by atoms with Crippen molar-refractivity contribution in [2.75, 3.05) is 0 Å². The van der Waals surface area contributed by atoms with Crippen molar-refractivity contribution in [2.45, 2.75) is 19.4 Å². The van der Waals surface area contributed by atoms with E-state index in [1.165, 1.54) is 0 Å². The molecule has 0 unspecified atom stereocenters. The van der Waals surface area contributed by atoms with Gasteiger partial charge in [0.05, 0.1) is 6.42 Å². The number of nitrogens with two attached hydrogens (primary N) is 1. The minimum Gasteiger partial charge on any atom is -0.481 e. The molecule has 0 aliphatic heterocycles. The van der Waals surface area contributed by atoms with Crippen LogP contribution in [0.4, 0.5) is 0 Å². The van der Waals surface area contributed by atoms with Crippen LogP contribution in [0.1, 0.15) is 23.6 Å². The van der Waals surface area contributed by atoms with Crippen molar-refractivity contribution in [3.8, 4) is 0 Å². The normalized spacial score (nSPS) is 12.5. The molecule has 0 heterocycles. The first-order valence-electron chi connectivity index (χ1n) is 4.24. The first-order chi connectivity index (χ1) is 6.50. The molecule has 0 fully saturated rings. The van der Waals surface area contributed by atoms with E-state index in [9.17, 15) is 4.79 Å². The Morgan fingerprint density at radius 2 is 2.29 bits per heavy atom. The molecule has 1 rings (SSSR count). The van der Waals surface area contributed by atoms with Gasteiger partial charge in [-0.2, -0.15) is 0 Å². The molecule has 1 atom stereocenters. The van der Waals surface area contributed by atoms with Gasteiger partial charge in [-0.25, -0.2) is 0 Å². The summed E-state index contributed by atoms with van der Waals surface area (Å²) in [5.74, 6) is -0.883. The molecule has 1 aromatic carbocycles. The van der Waals surface area contributed by atoms with Gasteiger partial charge in [0.1, 0.15) is 0 Å². The zero-order valence-corrected chi connectivity index (χ0v) is 9.41. The van der Waals surface area contributed by atoms with Gasteiger partial charge in [-0.05, 0) is 18.6 Å². The van der Waals surface area contributed by atoms with Crippen molar-refractivity contribution in [3.63, 3.8) is 0 Å². The maximum absolute atomic E-state index is 10.5. The van der Waals surface area contributed by atoms with E-state index in [1.54, 1.807) is 0 Å². The highest BCUT2D eigenvalue weighted by Crippen LogP contribution is 2.24. The van der Waals surface area contributed by atoms with Gasteiger partial charge in [0.2, 0.25) is 0 Å². The molecule has 14 heavy (non-hydrogen) atoms. The Balaban J connectivity index is 2.93. The maximum atomic E-state index is 10.5. The molecule has 0 aliphatic rings. The Morgan fingerprint density at radius 3 is 2.86 bits per heavy atom. The van der Waals surface area contributed by atoms with Gasteiger partial charge in [-0.1, -0.05) is 33.6 Å². The summed E-state index contributed by atoms with van der Waals surface area (Å²) < 4.78 is 0.858. The minimum atomic E-state index is -0.883. The van der Waals surface area contributed by atoms with Crippen LogP contribution < -0.4 is 5.73 Å². The van der Waals surface area contributed by atoms with Gasteiger partial charge in [-0.15, -0.1) is 0 Å². The van der Waals surface area contributed by atoms with Crippen LogP contribution in [0.2, 0.25) is 0 Å². The predicted octanol–water partition coefficient (Wildman–Crippen LogP) is 2.23. The number of hydrogen-bond acceptors (Lipinski definition) is 2. The molecule has 0 bridgehead atoms. The van der Waals surface area contributed by atoms with E-state index in [0.29, 0.717) is 0 Å². The third-order valence-corrected chi connectivity index (χ3v) is 2.67. The number of aliphatic carboxylic acids is 1. The molecule has 0 spiro atoms. The number of halogens is 1. The van der Waals surface area contributed by atoms with Crippen LogP contribution in [0.25, 0.3) is 0 Å². The largest absolute Gasteiger partial charge is 0.481 e. The van der Waals surface area contributed by atoms with E-state index in [4.69, 9.17) is 10.8 Å². The average molecular weight is 258 g/mol. The van der Waals surface area contributed by atoms with Crippen molar-refractivity contribution < 1.29 is 9.90 Å². The Hall–Kier alpha value is -0.870. The Labute approximate surface area is 91.1 Å². The second-order valence-corrected chi connectivity index (χ2v) is 4.08. The summed E-state index contributed by atoms with van der Waals surface area (Å²) in [6, 6.07) is 5.27. The Morgan fingerprint density at radius 1 is 1.64 bits per heavy atom. The molecule has 0 aliphatic carbocycles. The fourth-order valence-corrected chi connectivity index (χ4v) is 1.79. The van der Waals surface area contributed by atoms with Crippen LogP contribution >= 0.6 is 15.9 Å². The molecule has 0 saturated heterocycles. The highest BCUT2D eigenvalue weighted by Gasteiger charge is 2.13. The molecule has 4 heteroatoms. The van der Waals surface area contributed by atoms with E-state index in [-0.39, 0.29) is 6.42 Å². The lowest BCUT2D eigenvalue weighted by molar-refractivity contribution is -0.137. The summed E-state index contributed by atoms with van der Waals surface area (Å²) in [5.41, 5.74) is 7.67. The Bertz CT molecular complexity index is 352. The first kappa shape index (κ1) is 11.2. The highest BCUT2D eigenvalue weighted by molar-refractivity contribution is 9.10. The average Bonchev–Trinajstić information content (AvgIpc) is 2.08. The predicted molar refractivity (Wildman–Crippen MR) is 58.1 cm³/mol. The number of hydrogen-bond donors (Lipinski definition) is 2. The molecule has 3 N–H and O–H groups in total. The molecular formula is C10H12BrNO2. The monoisotopic (exact) mass is 257 g/mol. The van der Waals surface area contributed by atoms with Crippen molar-refractivity contribution in [3.05, 3.63) is 33.8 Å². The number of aryl methyl sites for hydroxylation is 1. The van der Waals surface area contributed by atoms with Crippen molar-refractivity contribution in [1.29, 1.82) is 0 Å². The minimum absolute atomic E-state index is 0.0535. The number of rotatable bonds is 3. The number of carbonyl (C=O) groups is 1. The number of carboxylic acids is 1. The molecule has 3 nitrogen and oxygen atoms in total. The summed E-state index contributed by atoms with van der Waals surface area (Å²) in [6.45, 7) is 1.95. The summed E-state index contributed by atoms with van der Waals surface area (Å²) in [7, 11) is 0. The number of benzene rings is 1. The van der Waals surface area contributed by atoms with Crippen molar-refractivity contribution in [2.24, 2.45) is 5.73 Å². The van der Waals surface area contributed by atoms with E-state index < -0.39 is 12.0 Å². The van der Waals surface area contributed by atoms with Gasteiger partial charge in [-0.3, -0.25) is 4.79 Å². The van der Waals surface area contributed by atoms with E-state index in [0.717, 1.165) is 15.6 Å². The van der Waals surface area contributed by atoms with Gasteiger partial charge in [0.15, 0.2) is 0 Å². The fraction of sp³-hybridized carbons (Fsp3) is 0.300. The topological polar surface area (TPSA) is 63.3 Å². The molecule has 0 saturated carbocycles. The summed E-state index contributed by atoms with van der Waals surface area (Å²) in [5, 5.41) is 8.61. The van der Waals surface area contributed by atoms with Gasteiger partial charge in [0.25, 0.3) is 0 Å². The summed E-state index contributed by atoms with van der Waals surface area (Å²) in [6.07, 6.45) is -0.0535. The molecule has 76 valence electrons. The first-order valence-corrected chi connectivity index (χ1v) is 5.03. The lowest BCUT2D eigenvalue weighted by Gasteiger charge is -2.12. The van der Waals surface area contributed by atoms with Crippen LogP contribution in [-0.4, -0.2) is 11.1 Å². The summed E-state index contributed by atoms with van der Waals surface area (Å²) >= 11 is 3.35. The van der Waals surface area contributed by atoms with E-state index >= 15 is 0 Å². The zero-order chi connectivity index (χ0) is 10.7. The van der Waals surface area contributed by atoms with E-state index in [1.807, 2.05) is 25.1 Å². The molecule has 0 amide bonds. The van der Waals surface area contributed by atoms with Crippen molar-refractivity contribution >= 4 is 21.9 Å².